The zero-order valence-corrected chi connectivity index (χ0v) is 10.2. The van der Waals surface area contributed by atoms with Crippen LogP contribution in [-0.4, -0.2) is 47.8 Å². The number of oxime groups is 1. The van der Waals surface area contributed by atoms with E-state index in [9.17, 15) is 9.90 Å². The van der Waals surface area contributed by atoms with Gasteiger partial charge in [-0.15, -0.1) is 0 Å². The Balaban J connectivity index is 2.16. The van der Waals surface area contributed by atoms with Gasteiger partial charge in [0.25, 0.3) is 0 Å². The Bertz CT molecular complexity index is 352. The number of ketones is 1. The van der Waals surface area contributed by atoms with E-state index in [1.165, 1.54) is 6.92 Å². The smallest absolute Gasteiger partial charge is 0.195 e. The molecular weight excluding hydrogens is 226 g/mol. The van der Waals surface area contributed by atoms with E-state index in [4.69, 9.17) is 14.3 Å². The van der Waals surface area contributed by atoms with Crippen LogP contribution < -0.4 is 0 Å². The normalized spacial score (nSPS) is 35.5. The third-order valence-electron chi connectivity index (χ3n) is 2.99. The maximum Gasteiger partial charge on any atom is 0.195 e. The van der Waals surface area contributed by atoms with Gasteiger partial charge in [-0.3, -0.25) is 4.79 Å². The highest BCUT2D eigenvalue weighted by Crippen LogP contribution is 2.32. The van der Waals surface area contributed by atoms with Crippen LogP contribution >= 0.6 is 0 Å². The third-order valence-corrected chi connectivity index (χ3v) is 2.99. The van der Waals surface area contributed by atoms with Crippen molar-refractivity contribution in [1.29, 1.82) is 0 Å². The first-order valence-corrected chi connectivity index (χ1v) is 5.60. The van der Waals surface area contributed by atoms with Gasteiger partial charge < -0.3 is 19.4 Å². The van der Waals surface area contributed by atoms with Crippen molar-refractivity contribution in [2.45, 2.75) is 38.8 Å². The molecule has 2 aliphatic rings. The number of carbonyl (C=O) groups excluding carboxylic acids is 1. The fraction of sp³-hybridized carbons (Fsp3) is 0.818. The highest BCUT2D eigenvalue weighted by Gasteiger charge is 2.48. The van der Waals surface area contributed by atoms with Crippen molar-refractivity contribution in [2.75, 3.05) is 13.2 Å². The number of carbonyl (C=O) groups is 1. The number of Topliss-reactive ketones (excluding diaryl/α,β-unsaturated/α-hetero) is 1. The highest BCUT2D eigenvalue weighted by atomic mass is 16.7. The van der Waals surface area contributed by atoms with Crippen molar-refractivity contribution in [3.63, 3.8) is 0 Å². The van der Waals surface area contributed by atoms with Crippen LogP contribution in [0.25, 0.3) is 0 Å². The predicted octanol–water partition coefficient (Wildman–Crippen LogP) is 0.0902. The number of rotatable bonds is 3. The summed E-state index contributed by atoms with van der Waals surface area (Å²) in [4.78, 5) is 16.5. The summed E-state index contributed by atoms with van der Waals surface area (Å²) in [7, 11) is 0. The molecule has 1 saturated heterocycles. The molecule has 2 heterocycles. The molecule has 0 aromatic rings. The van der Waals surface area contributed by atoms with E-state index >= 15 is 0 Å². The van der Waals surface area contributed by atoms with Gasteiger partial charge in [-0.1, -0.05) is 5.16 Å². The minimum absolute atomic E-state index is 0.129. The van der Waals surface area contributed by atoms with Gasteiger partial charge in [0.2, 0.25) is 0 Å². The second-order valence-electron chi connectivity index (χ2n) is 4.77. The molecule has 0 amide bonds. The average molecular weight is 243 g/mol. The van der Waals surface area contributed by atoms with Gasteiger partial charge in [-0.2, -0.15) is 0 Å². The molecule has 0 saturated carbocycles. The van der Waals surface area contributed by atoms with E-state index in [0.717, 1.165) is 0 Å². The molecule has 0 unspecified atom stereocenters. The first-order chi connectivity index (χ1) is 7.94. The summed E-state index contributed by atoms with van der Waals surface area (Å²) in [5, 5.41) is 12.9. The minimum atomic E-state index is -0.681. The van der Waals surface area contributed by atoms with Crippen LogP contribution in [0, 0.1) is 5.92 Å². The Morgan fingerprint density at radius 1 is 1.59 bits per heavy atom. The van der Waals surface area contributed by atoms with Crippen molar-refractivity contribution in [3.05, 3.63) is 0 Å². The van der Waals surface area contributed by atoms with E-state index in [2.05, 4.69) is 5.16 Å². The number of hydrogen-bond acceptors (Lipinski definition) is 6. The number of aliphatic hydroxyl groups is 1. The minimum Gasteiger partial charge on any atom is -0.390 e. The van der Waals surface area contributed by atoms with Crippen LogP contribution in [-0.2, 0) is 19.1 Å². The molecule has 0 spiro atoms. The summed E-state index contributed by atoms with van der Waals surface area (Å²) >= 11 is 0. The second kappa shape index (κ2) is 4.36. The van der Waals surface area contributed by atoms with E-state index in [1.54, 1.807) is 13.8 Å². The maximum atomic E-state index is 11.5. The summed E-state index contributed by atoms with van der Waals surface area (Å²) in [6.07, 6.45) is -0.994. The fourth-order valence-corrected chi connectivity index (χ4v) is 2.19. The lowest BCUT2D eigenvalue weighted by molar-refractivity contribution is -0.149. The Kier molecular flexibility index (Phi) is 3.20. The molecule has 3 atom stereocenters. The molecule has 96 valence electrons. The number of aliphatic hydroxyl groups excluding tert-OH is 1. The summed E-state index contributed by atoms with van der Waals surface area (Å²) < 4.78 is 11.2. The predicted molar refractivity (Wildman–Crippen MR) is 58.5 cm³/mol. The van der Waals surface area contributed by atoms with Crippen LogP contribution in [0.4, 0.5) is 0 Å². The Labute approximate surface area is 99.5 Å². The summed E-state index contributed by atoms with van der Waals surface area (Å²) in [5.41, 5.74) is 0.441. The molecule has 0 aromatic heterocycles. The van der Waals surface area contributed by atoms with Gasteiger partial charge in [0.05, 0.1) is 30.9 Å². The van der Waals surface area contributed by atoms with Gasteiger partial charge in [-0.05, 0) is 20.8 Å². The first-order valence-electron chi connectivity index (χ1n) is 5.60. The molecule has 2 aliphatic heterocycles. The van der Waals surface area contributed by atoms with E-state index in [0.29, 0.717) is 12.3 Å². The average Bonchev–Trinajstić information content (AvgIpc) is 2.80. The molecule has 2 rings (SSSR count). The molecule has 0 aromatic carbocycles. The summed E-state index contributed by atoms with van der Waals surface area (Å²) in [6.45, 7) is 5.18. The molecule has 0 aliphatic carbocycles. The highest BCUT2D eigenvalue weighted by molar-refractivity contribution is 5.96. The Morgan fingerprint density at radius 3 is 2.76 bits per heavy atom. The van der Waals surface area contributed by atoms with Gasteiger partial charge >= 0.3 is 0 Å². The molecule has 6 heteroatoms. The topological polar surface area (TPSA) is 77.4 Å². The largest absolute Gasteiger partial charge is 0.390 e. The number of ether oxygens (including phenoxy) is 2. The van der Waals surface area contributed by atoms with Crippen LogP contribution in [0.5, 0.6) is 0 Å². The van der Waals surface area contributed by atoms with Gasteiger partial charge in [0, 0.05) is 0 Å². The summed E-state index contributed by atoms with van der Waals surface area (Å²) in [5.74, 6) is -1.16. The lowest BCUT2D eigenvalue weighted by atomic mass is 9.90. The van der Waals surface area contributed by atoms with Gasteiger partial charge in [-0.25, -0.2) is 0 Å². The molecule has 6 nitrogen and oxygen atoms in total. The Morgan fingerprint density at radius 2 is 2.29 bits per heavy atom. The van der Waals surface area contributed by atoms with Crippen molar-refractivity contribution < 1.29 is 24.2 Å². The lowest BCUT2D eigenvalue weighted by Crippen LogP contribution is -2.41. The van der Waals surface area contributed by atoms with Crippen LogP contribution in [0.15, 0.2) is 5.16 Å². The van der Waals surface area contributed by atoms with Gasteiger partial charge in [0.15, 0.2) is 17.7 Å². The van der Waals surface area contributed by atoms with Crippen molar-refractivity contribution >= 4 is 11.5 Å². The van der Waals surface area contributed by atoms with Crippen molar-refractivity contribution in [1.82, 2.24) is 0 Å². The second-order valence-corrected chi connectivity index (χ2v) is 4.77. The molecular formula is C11H17NO5. The summed E-state index contributed by atoms with van der Waals surface area (Å²) in [6, 6.07) is 0. The zero-order chi connectivity index (χ0) is 12.6. The van der Waals surface area contributed by atoms with E-state index in [-0.39, 0.29) is 24.4 Å². The van der Waals surface area contributed by atoms with E-state index < -0.39 is 11.9 Å². The van der Waals surface area contributed by atoms with E-state index in [1.807, 2.05) is 0 Å². The molecule has 0 bridgehead atoms. The zero-order valence-electron chi connectivity index (χ0n) is 10.2. The Hall–Kier alpha value is -0.980. The first kappa shape index (κ1) is 12.5. The van der Waals surface area contributed by atoms with Crippen LogP contribution in [0.2, 0.25) is 0 Å². The molecule has 1 N–H and O–H groups in total. The van der Waals surface area contributed by atoms with Gasteiger partial charge in [0.1, 0.15) is 0 Å². The number of nitrogens with zero attached hydrogens (tertiary/aromatic N) is 1. The third kappa shape index (κ3) is 2.34. The quantitative estimate of drug-likeness (QED) is 0.760. The van der Waals surface area contributed by atoms with Crippen molar-refractivity contribution in [2.24, 2.45) is 11.1 Å². The number of hydrogen-bond donors (Lipinski definition) is 1. The molecule has 0 radical (unpaired) electrons. The van der Waals surface area contributed by atoms with Crippen molar-refractivity contribution in [3.8, 4) is 0 Å². The SMILES string of the molecule is CC(=O)[C@@H]1ON=C(CO)[C@H]1[C@H]1COC(C)(C)O1. The molecule has 1 fully saturated rings. The fourth-order valence-electron chi connectivity index (χ4n) is 2.19. The van der Waals surface area contributed by atoms with Crippen LogP contribution in [0.1, 0.15) is 20.8 Å². The lowest BCUT2D eigenvalue weighted by Gasteiger charge is -2.23. The standard InChI is InChI=1S/C11H17NO5/c1-6(14)10-9(7(4-13)12-17-10)8-5-15-11(2,3)16-8/h8-10,13H,4-5H2,1-3H3/t8-,9+,10+/m1/s1. The molecule has 17 heavy (non-hydrogen) atoms. The maximum absolute atomic E-state index is 11.5. The monoisotopic (exact) mass is 243 g/mol. The van der Waals surface area contributed by atoms with Crippen LogP contribution in [0.3, 0.4) is 0 Å².